The average Bonchev–Trinajstić information content (AvgIpc) is 2.46. The Morgan fingerprint density at radius 2 is 1.81 bits per heavy atom. The molecule has 21 heavy (non-hydrogen) atoms. The van der Waals surface area contributed by atoms with Gasteiger partial charge < -0.3 is 10.6 Å². The van der Waals surface area contributed by atoms with Crippen LogP contribution in [0.1, 0.15) is 16.7 Å². The number of nitrogens with one attached hydrogen (secondary N) is 2. The number of benzene rings is 2. The lowest BCUT2D eigenvalue weighted by Gasteiger charge is -2.10. The van der Waals surface area contributed by atoms with Crippen LogP contribution in [0.3, 0.4) is 0 Å². The van der Waals surface area contributed by atoms with Gasteiger partial charge in [-0.25, -0.2) is 4.79 Å². The van der Waals surface area contributed by atoms with E-state index in [1.165, 1.54) is 11.1 Å². The van der Waals surface area contributed by atoms with Crippen LogP contribution < -0.4 is 10.6 Å². The van der Waals surface area contributed by atoms with Gasteiger partial charge in [0.15, 0.2) is 0 Å². The number of amides is 2. The smallest absolute Gasteiger partial charge is 0.319 e. The highest BCUT2D eigenvalue weighted by molar-refractivity contribution is 6.31. The molecule has 0 aliphatic carbocycles. The normalized spacial score (nSPS) is 10.2. The quantitative estimate of drug-likeness (QED) is 0.867. The Kier molecular flexibility index (Phi) is 5.23. The van der Waals surface area contributed by atoms with Crippen LogP contribution in [0.25, 0.3) is 0 Å². The molecule has 0 heterocycles. The molecule has 0 unspecified atom stereocenters. The molecule has 2 aromatic carbocycles. The van der Waals surface area contributed by atoms with Crippen LogP contribution in [0.2, 0.25) is 5.02 Å². The third-order valence-electron chi connectivity index (χ3n) is 3.34. The van der Waals surface area contributed by atoms with Gasteiger partial charge in [0.2, 0.25) is 0 Å². The van der Waals surface area contributed by atoms with Gasteiger partial charge in [0.05, 0.1) is 0 Å². The molecule has 2 aromatic rings. The van der Waals surface area contributed by atoms with Crippen molar-refractivity contribution in [3.8, 4) is 0 Å². The van der Waals surface area contributed by atoms with Gasteiger partial charge in [-0.15, -0.1) is 0 Å². The number of carbonyl (C=O) groups is 1. The number of anilines is 1. The van der Waals surface area contributed by atoms with Crippen molar-refractivity contribution in [1.29, 1.82) is 0 Å². The Morgan fingerprint density at radius 3 is 2.52 bits per heavy atom. The molecule has 2 N–H and O–H groups in total. The van der Waals surface area contributed by atoms with Crippen LogP contribution in [-0.2, 0) is 6.42 Å². The Labute approximate surface area is 130 Å². The first-order valence-corrected chi connectivity index (χ1v) is 7.29. The number of carbonyl (C=O) groups excluding carboxylic acids is 1. The van der Waals surface area contributed by atoms with E-state index in [1.54, 1.807) is 6.07 Å². The maximum Gasteiger partial charge on any atom is 0.319 e. The van der Waals surface area contributed by atoms with Crippen molar-refractivity contribution in [3.05, 3.63) is 64.2 Å². The highest BCUT2D eigenvalue weighted by Crippen LogP contribution is 2.22. The van der Waals surface area contributed by atoms with Crippen LogP contribution in [0.4, 0.5) is 10.5 Å². The van der Waals surface area contributed by atoms with Gasteiger partial charge in [0.25, 0.3) is 0 Å². The SMILES string of the molecule is Cc1ccc(CCNC(=O)Nc2cccc(Cl)c2C)cc1. The number of halogens is 1. The Balaban J connectivity index is 1.82. The van der Waals surface area contributed by atoms with Crippen molar-refractivity contribution in [2.75, 3.05) is 11.9 Å². The Hall–Kier alpha value is -2.00. The molecule has 3 nitrogen and oxygen atoms in total. The van der Waals surface area contributed by atoms with E-state index in [1.807, 2.05) is 19.1 Å². The zero-order valence-electron chi connectivity index (χ0n) is 12.2. The number of hydrogen-bond acceptors (Lipinski definition) is 1. The standard InChI is InChI=1S/C17H19ClN2O/c1-12-6-8-14(9-7-12)10-11-19-17(21)20-16-5-3-4-15(18)13(16)2/h3-9H,10-11H2,1-2H3,(H2,19,20,21). The summed E-state index contributed by atoms with van der Waals surface area (Å²) in [7, 11) is 0. The van der Waals surface area contributed by atoms with Crippen molar-refractivity contribution >= 4 is 23.3 Å². The minimum Gasteiger partial charge on any atom is -0.338 e. The molecule has 0 aliphatic rings. The minimum absolute atomic E-state index is 0.215. The van der Waals surface area contributed by atoms with E-state index in [0.717, 1.165) is 17.7 Å². The van der Waals surface area contributed by atoms with Gasteiger partial charge in [-0.1, -0.05) is 47.5 Å². The summed E-state index contributed by atoms with van der Waals surface area (Å²) >= 11 is 6.02. The van der Waals surface area contributed by atoms with E-state index in [2.05, 4.69) is 41.8 Å². The average molecular weight is 303 g/mol. The highest BCUT2D eigenvalue weighted by atomic mass is 35.5. The lowest BCUT2D eigenvalue weighted by atomic mass is 10.1. The third-order valence-corrected chi connectivity index (χ3v) is 3.75. The lowest BCUT2D eigenvalue weighted by Crippen LogP contribution is -2.30. The van der Waals surface area contributed by atoms with Crippen molar-refractivity contribution in [2.45, 2.75) is 20.3 Å². The monoisotopic (exact) mass is 302 g/mol. The van der Waals surface area contributed by atoms with Crippen LogP contribution in [0.5, 0.6) is 0 Å². The maximum absolute atomic E-state index is 11.9. The van der Waals surface area contributed by atoms with Crippen molar-refractivity contribution in [3.63, 3.8) is 0 Å². The summed E-state index contributed by atoms with van der Waals surface area (Å²) in [5, 5.41) is 6.31. The number of rotatable bonds is 4. The summed E-state index contributed by atoms with van der Waals surface area (Å²) in [6.07, 6.45) is 0.808. The predicted molar refractivity (Wildman–Crippen MR) is 88.1 cm³/mol. The molecule has 0 spiro atoms. The molecule has 0 atom stereocenters. The summed E-state index contributed by atoms with van der Waals surface area (Å²) in [6, 6.07) is 13.5. The second-order valence-electron chi connectivity index (χ2n) is 5.03. The first-order chi connectivity index (χ1) is 10.1. The Morgan fingerprint density at radius 1 is 1.10 bits per heavy atom. The molecular formula is C17H19ClN2O. The van der Waals surface area contributed by atoms with Gasteiger partial charge in [0.1, 0.15) is 0 Å². The van der Waals surface area contributed by atoms with E-state index < -0.39 is 0 Å². The van der Waals surface area contributed by atoms with Crippen LogP contribution in [0.15, 0.2) is 42.5 Å². The van der Waals surface area contributed by atoms with E-state index in [0.29, 0.717) is 11.6 Å². The molecule has 2 rings (SSSR count). The largest absolute Gasteiger partial charge is 0.338 e. The first-order valence-electron chi connectivity index (χ1n) is 6.92. The van der Waals surface area contributed by atoms with Gasteiger partial charge in [-0.3, -0.25) is 0 Å². The van der Waals surface area contributed by atoms with Crippen molar-refractivity contribution in [1.82, 2.24) is 5.32 Å². The van der Waals surface area contributed by atoms with Gasteiger partial charge in [-0.2, -0.15) is 0 Å². The zero-order chi connectivity index (χ0) is 15.2. The van der Waals surface area contributed by atoms with Crippen molar-refractivity contribution < 1.29 is 4.79 Å². The molecule has 0 saturated heterocycles. The molecular weight excluding hydrogens is 284 g/mol. The van der Waals surface area contributed by atoms with Gasteiger partial charge in [0, 0.05) is 17.3 Å². The molecule has 0 fully saturated rings. The topological polar surface area (TPSA) is 41.1 Å². The fraction of sp³-hybridized carbons (Fsp3) is 0.235. The van der Waals surface area contributed by atoms with Gasteiger partial charge >= 0.3 is 6.03 Å². The maximum atomic E-state index is 11.9. The highest BCUT2D eigenvalue weighted by Gasteiger charge is 2.05. The van der Waals surface area contributed by atoms with Gasteiger partial charge in [-0.05, 0) is 43.5 Å². The second kappa shape index (κ2) is 7.14. The summed E-state index contributed by atoms with van der Waals surface area (Å²) in [6.45, 7) is 4.53. The van der Waals surface area contributed by atoms with Crippen molar-refractivity contribution in [2.24, 2.45) is 0 Å². The molecule has 0 radical (unpaired) electrons. The van der Waals surface area contributed by atoms with E-state index in [9.17, 15) is 4.79 Å². The van der Waals surface area contributed by atoms with E-state index in [-0.39, 0.29) is 6.03 Å². The minimum atomic E-state index is -0.215. The van der Waals surface area contributed by atoms with Crippen LogP contribution in [-0.4, -0.2) is 12.6 Å². The fourth-order valence-corrected chi connectivity index (χ4v) is 2.16. The Bertz CT molecular complexity index is 623. The summed E-state index contributed by atoms with van der Waals surface area (Å²) < 4.78 is 0. The number of hydrogen-bond donors (Lipinski definition) is 2. The van der Waals surface area contributed by atoms with Crippen LogP contribution >= 0.6 is 11.6 Å². The summed E-state index contributed by atoms with van der Waals surface area (Å²) in [5.41, 5.74) is 4.05. The lowest BCUT2D eigenvalue weighted by molar-refractivity contribution is 0.252. The molecule has 4 heteroatoms. The second-order valence-corrected chi connectivity index (χ2v) is 5.44. The fourth-order valence-electron chi connectivity index (χ4n) is 1.98. The van der Waals surface area contributed by atoms with E-state index in [4.69, 9.17) is 11.6 Å². The summed E-state index contributed by atoms with van der Waals surface area (Å²) in [5.74, 6) is 0. The van der Waals surface area contributed by atoms with Crippen LogP contribution in [0, 0.1) is 13.8 Å². The zero-order valence-corrected chi connectivity index (χ0v) is 13.0. The molecule has 0 aromatic heterocycles. The number of aryl methyl sites for hydroxylation is 1. The first kappa shape index (κ1) is 15.4. The van der Waals surface area contributed by atoms with E-state index >= 15 is 0 Å². The number of urea groups is 1. The molecule has 0 saturated carbocycles. The molecule has 0 bridgehead atoms. The molecule has 2 amide bonds. The summed E-state index contributed by atoms with van der Waals surface area (Å²) in [4.78, 5) is 11.9. The molecule has 110 valence electrons. The molecule has 0 aliphatic heterocycles. The third kappa shape index (κ3) is 4.50. The predicted octanol–water partition coefficient (Wildman–Crippen LogP) is 4.32.